The molecule has 1 unspecified atom stereocenters. The Balaban J connectivity index is 2.36. The lowest BCUT2D eigenvalue weighted by Crippen LogP contribution is -2.26. The predicted octanol–water partition coefficient (Wildman–Crippen LogP) is 3.14. The van der Waals surface area contributed by atoms with Crippen LogP contribution in [-0.2, 0) is 0 Å². The van der Waals surface area contributed by atoms with E-state index in [1.807, 2.05) is 6.92 Å². The molecule has 0 spiro atoms. The van der Waals surface area contributed by atoms with E-state index in [1.165, 1.54) is 32.1 Å². The zero-order valence-corrected chi connectivity index (χ0v) is 8.92. The first-order valence-electron chi connectivity index (χ1n) is 5.48. The molecule has 1 aliphatic carbocycles. The van der Waals surface area contributed by atoms with Gasteiger partial charge in [0, 0.05) is 0 Å². The molecular weight excluding hydrogens is 160 g/mol. The van der Waals surface area contributed by atoms with E-state index < -0.39 is 0 Å². The average Bonchev–Trinajstić information content (AvgIpc) is 2.17. The molecule has 0 radical (unpaired) electrons. The van der Waals surface area contributed by atoms with Crippen molar-refractivity contribution in [1.29, 1.82) is 0 Å². The van der Waals surface area contributed by atoms with Crippen molar-refractivity contribution in [2.45, 2.75) is 52.1 Å². The van der Waals surface area contributed by atoms with Gasteiger partial charge in [-0.05, 0) is 31.6 Å². The smallest absolute Gasteiger partial charge is 0.0772 e. The summed E-state index contributed by atoms with van der Waals surface area (Å²) in [7, 11) is 0. The van der Waals surface area contributed by atoms with Crippen molar-refractivity contribution >= 4 is 0 Å². The molecule has 0 aliphatic heterocycles. The molecule has 0 bridgehead atoms. The number of hydrogen-bond donors (Lipinski definition) is 1. The molecule has 0 aromatic heterocycles. The summed E-state index contributed by atoms with van der Waals surface area (Å²) in [6.45, 7) is 8.01. The molecule has 0 heterocycles. The van der Waals surface area contributed by atoms with Crippen LogP contribution in [0.25, 0.3) is 0 Å². The molecule has 0 amide bonds. The number of aliphatic hydroxyl groups excluding tert-OH is 1. The van der Waals surface area contributed by atoms with Crippen LogP contribution in [-0.4, -0.2) is 11.2 Å². The van der Waals surface area contributed by atoms with Crippen molar-refractivity contribution in [2.24, 2.45) is 11.8 Å². The molecule has 1 fully saturated rings. The summed E-state index contributed by atoms with van der Waals surface area (Å²) >= 11 is 0. The van der Waals surface area contributed by atoms with Gasteiger partial charge in [-0.3, -0.25) is 0 Å². The van der Waals surface area contributed by atoms with Gasteiger partial charge in [-0.2, -0.15) is 0 Å². The van der Waals surface area contributed by atoms with Gasteiger partial charge in [0.25, 0.3) is 0 Å². The molecule has 0 aromatic carbocycles. The fraction of sp³-hybridized carbons (Fsp3) is 0.833. The van der Waals surface area contributed by atoms with E-state index in [-0.39, 0.29) is 6.10 Å². The highest BCUT2D eigenvalue weighted by Gasteiger charge is 2.25. The van der Waals surface area contributed by atoms with E-state index >= 15 is 0 Å². The normalized spacial score (nSPS) is 31.3. The molecule has 13 heavy (non-hydrogen) atoms. The van der Waals surface area contributed by atoms with Crippen LogP contribution in [0.15, 0.2) is 12.2 Å². The van der Waals surface area contributed by atoms with Crippen molar-refractivity contribution in [3.05, 3.63) is 12.2 Å². The maximum atomic E-state index is 9.81. The number of rotatable bonds is 3. The first-order valence-corrected chi connectivity index (χ1v) is 5.48. The third-order valence-electron chi connectivity index (χ3n) is 3.42. The van der Waals surface area contributed by atoms with Crippen LogP contribution in [0.1, 0.15) is 46.0 Å². The Morgan fingerprint density at radius 1 is 1.38 bits per heavy atom. The van der Waals surface area contributed by atoms with Crippen molar-refractivity contribution in [3.63, 3.8) is 0 Å². The first-order chi connectivity index (χ1) is 6.15. The SMILES string of the molecule is C=C(C)C(O)C1CCC(CC)CC1. The minimum Gasteiger partial charge on any atom is -0.388 e. The molecule has 1 rings (SSSR count). The summed E-state index contributed by atoms with van der Waals surface area (Å²) in [5.74, 6) is 1.40. The largest absolute Gasteiger partial charge is 0.388 e. The Bertz CT molecular complexity index is 166. The van der Waals surface area contributed by atoms with Gasteiger partial charge in [0.05, 0.1) is 6.10 Å². The second-order valence-corrected chi connectivity index (χ2v) is 4.48. The second-order valence-electron chi connectivity index (χ2n) is 4.48. The summed E-state index contributed by atoms with van der Waals surface area (Å²) in [4.78, 5) is 0. The van der Waals surface area contributed by atoms with Gasteiger partial charge in [0.2, 0.25) is 0 Å². The fourth-order valence-corrected chi connectivity index (χ4v) is 2.31. The minimum absolute atomic E-state index is 0.252. The zero-order chi connectivity index (χ0) is 9.84. The van der Waals surface area contributed by atoms with E-state index in [0.29, 0.717) is 5.92 Å². The van der Waals surface area contributed by atoms with Gasteiger partial charge in [-0.25, -0.2) is 0 Å². The van der Waals surface area contributed by atoms with Crippen LogP contribution in [0.5, 0.6) is 0 Å². The maximum Gasteiger partial charge on any atom is 0.0772 e. The summed E-state index contributed by atoms with van der Waals surface area (Å²) in [6, 6.07) is 0. The van der Waals surface area contributed by atoms with Gasteiger partial charge in [0.15, 0.2) is 0 Å². The van der Waals surface area contributed by atoms with Gasteiger partial charge in [-0.1, -0.05) is 38.3 Å². The van der Waals surface area contributed by atoms with Crippen molar-refractivity contribution in [1.82, 2.24) is 0 Å². The van der Waals surface area contributed by atoms with Gasteiger partial charge in [-0.15, -0.1) is 0 Å². The topological polar surface area (TPSA) is 20.2 Å². The molecule has 0 aromatic rings. The molecule has 1 saturated carbocycles. The fourth-order valence-electron chi connectivity index (χ4n) is 2.31. The Labute approximate surface area is 81.9 Å². The molecule has 1 N–H and O–H groups in total. The van der Waals surface area contributed by atoms with Crippen LogP contribution in [0.2, 0.25) is 0 Å². The van der Waals surface area contributed by atoms with Crippen molar-refractivity contribution in [2.75, 3.05) is 0 Å². The summed E-state index contributed by atoms with van der Waals surface area (Å²) in [6.07, 6.45) is 6.02. The molecule has 1 atom stereocenters. The van der Waals surface area contributed by atoms with Gasteiger partial charge >= 0.3 is 0 Å². The summed E-state index contributed by atoms with van der Waals surface area (Å²) in [5, 5.41) is 9.81. The lowest BCUT2D eigenvalue weighted by Gasteiger charge is -2.31. The van der Waals surface area contributed by atoms with Crippen LogP contribution in [0.4, 0.5) is 0 Å². The van der Waals surface area contributed by atoms with E-state index in [2.05, 4.69) is 13.5 Å². The standard InChI is InChI=1S/C12H22O/c1-4-10-5-7-11(8-6-10)12(13)9(2)3/h10-13H,2,4-8H2,1,3H3. The number of aliphatic hydroxyl groups is 1. The third kappa shape index (κ3) is 2.84. The quantitative estimate of drug-likeness (QED) is 0.665. The third-order valence-corrected chi connectivity index (χ3v) is 3.42. The Hall–Kier alpha value is -0.300. The molecule has 1 aliphatic rings. The van der Waals surface area contributed by atoms with Crippen LogP contribution < -0.4 is 0 Å². The van der Waals surface area contributed by atoms with Gasteiger partial charge in [0.1, 0.15) is 0 Å². The molecular formula is C12H22O. The Morgan fingerprint density at radius 3 is 2.31 bits per heavy atom. The highest BCUT2D eigenvalue weighted by atomic mass is 16.3. The van der Waals surface area contributed by atoms with E-state index in [0.717, 1.165) is 11.5 Å². The molecule has 1 heteroatoms. The second kappa shape index (κ2) is 4.80. The van der Waals surface area contributed by atoms with E-state index in [9.17, 15) is 5.11 Å². The highest BCUT2D eigenvalue weighted by Crippen LogP contribution is 2.33. The summed E-state index contributed by atoms with van der Waals surface area (Å²) in [5.41, 5.74) is 0.931. The Kier molecular flexibility index (Phi) is 3.98. The summed E-state index contributed by atoms with van der Waals surface area (Å²) < 4.78 is 0. The van der Waals surface area contributed by atoms with Crippen molar-refractivity contribution < 1.29 is 5.11 Å². The Morgan fingerprint density at radius 2 is 1.92 bits per heavy atom. The monoisotopic (exact) mass is 182 g/mol. The van der Waals surface area contributed by atoms with E-state index in [1.54, 1.807) is 0 Å². The van der Waals surface area contributed by atoms with Crippen LogP contribution in [0, 0.1) is 11.8 Å². The molecule has 76 valence electrons. The highest BCUT2D eigenvalue weighted by molar-refractivity contribution is 5.00. The minimum atomic E-state index is -0.252. The van der Waals surface area contributed by atoms with Crippen LogP contribution in [0.3, 0.4) is 0 Å². The molecule has 1 nitrogen and oxygen atoms in total. The van der Waals surface area contributed by atoms with Crippen LogP contribution >= 0.6 is 0 Å². The first kappa shape index (κ1) is 10.8. The van der Waals surface area contributed by atoms with E-state index in [4.69, 9.17) is 0 Å². The lowest BCUT2D eigenvalue weighted by atomic mass is 9.77. The predicted molar refractivity (Wildman–Crippen MR) is 56.6 cm³/mol. The lowest BCUT2D eigenvalue weighted by molar-refractivity contribution is 0.101. The zero-order valence-electron chi connectivity index (χ0n) is 8.92. The average molecular weight is 182 g/mol. The number of hydrogen-bond acceptors (Lipinski definition) is 1. The maximum absolute atomic E-state index is 9.81. The van der Waals surface area contributed by atoms with Gasteiger partial charge < -0.3 is 5.11 Å². The van der Waals surface area contributed by atoms with Crippen molar-refractivity contribution in [3.8, 4) is 0 Å². The molecule has 0 saturated heterocycles.